The lowest BCUT2D eigenvalue weighted by Gasteiger charge is -2.07. The predicted octanol–water partition coefficient (Wildman–Crippen LogP) is 3.82. The van der Waals surface area contributed by atoms with Crippen LogP contribution in [-0.4, -0.2) is 17.0 Å². The molecule has 0 saturated carbocycles. The smallest absolute Gasteiger partial charge is 0.269 e. The van der Waals surface area contributed by atoms with E-state index in [0.717, 1.165) is 27.8 Å². The van der Waals surface area contributed by atoms with Gasteiger partial charge >= 0.3 is 0 Å². The average Bonchev–Trinajstić information content (AvgIpc) is 2.53. The second-order valence-corrected chi connectivity index (χ2v) is 4.55. The summed E-state index contributed by atoms with van der Waals surface area (Å²) < 4.78 is 5.30. The first-order valence-electron chi connectivity index (χ1n) is 6.36. The molecular weight excluding hydrogens is 268 g/mol. The van der Waals surface area contributed by atoms with E-state index in [-0.39, 0.29) is 5.69 Å². The van der Waals surface area contributed by atoms with Crippen LogP contribution in [0.1, 0.15) is 0 Å². The van der Waals surface area contributed by atoms with Crippen molar-refractivity contribution in [3.63, 3.8) is 0 Å². The highest BCUT2D eigenvalue weighted by atomic mass is 16.6. The van der Waals surface area contributed by atoms with Crippen LogP contribution in [0.3, 0.4) is 0 Å². The van der Waals surface area contributed by atoms with Gasteiger partial charge in [0.25, 0.3) is 5.69 Å². The largest absolute Gasteiger partial charge is 0.496 e. The quantitative estimate of drug-likeness (QED) is 0.540. The number of aromatic nitrogens is 1. The SMILES string of the molecule is COc1cccc2cc(-c3ccc([N+](=O)[O-])cc3)ncc12. The Morgan fingerprint density at radius 3 is 2.57 bits per heavy atom. The van der Waals surface area contributed by atoms with Gasteiger partial charge in [-0.25, -0.2) is 0 Å². The first-order chi connectivity index (χ1) is 10.2. The molecule has 1 heterocycles. The molecule has 0 bridgehead atoms. The van der Waals surface area contributed by atoms with Gasteiger partial charge in [0.2, 0.25) is 0 Å². The van der Waals surface area contributed by atoms with Crippen molar-refractivity contribution < 1.29 is 9.66 Å². The zero-order valence-electron chi connectivity index (χ0n) is 11.3. The molecule has 104 valence electrons. The molecule has 0 fully saturated rings. The van der Waals surface area contributed by atoms with Crippen LogP contribution in [0.25, 0.3) is 22.0 Å². The van der Waals surface area contributed by atoms with E-state index >= 15 is 0 Å². The molecule has 0 spiro atoms. The number of non-ortho nitro benzene ring substituents is 1. The van der Waals surface area contributed by atoms with Crippen LogP contribution in [0.5, 0.6) is 5.75 Å². The lowest BCUT2D eigenvalue weighted by atomic mass is 10.1. The summed E-state index contributed by atoms with van der Waals surface area (Å²) in [5.41, 5.74) is 1.68. The van der Waals surface area contributed by atoms with Gasteiger partial charge < -0.3 is 4.74 Å². The van der Waals surface area contributed by atoms with Crippen molar-refractivity contribution in [3.8, 4) is 17.0 Å². The summed E-state index contributed by atoms with van der Waals surface area (Å²) in [6, 6.07) is 14.1. The van der Waals surface area contributed by atoms with Crippen molar-refractivity contribution >= 4 is 16.5 Å². The van der Waals surface area contributed by atoms with Crippen molar-refractivity contribution in [2.45, 2.75) is 0 Å². The molecule has 0 unspecified atom stereocenters. The molecule has 0 aliphatic rings. The lowest BCUT2D eigenvalue weighted by Crippen LogP contribution is -1.90. The van der Waals surface area contributed by atoms with Gasteiger partial charge in [-0.1, -0.05) is 12.1 Å². The summed E-state index contributed by atoms with van der Waals surface area (Å²) in [7, 11) is 1.62. The number of nitrogens with zero attached hydrogens (tertiary/aromatic N) is 2. The van der Waals surface area contributed by atoms with E-state index in [1.54, 1.807) is 25.4 Å². The second kappa shape index (κ2) is 5.20. The van der Waals surface area contributed by atoms with Crippen molar-refractivity contribution in [1.29, 1.82) is 0 Å². The molecule has 0 saturated heterocycles. The van der Waals surface area contributed by atoms with E-state index in [2.05, 4.69) is 4.98 Å². The average molecular weight is 280 g/mol. The Balaban J connectivity index is 2.06. The maximum atomic E-state index is 10.7. The Morgan fingerprint density at radius 1 is 1.14 bits per heavy atom. The summed E-state index contributed by atoms with van der Waals surface area (Å²) in [5, 5.41) is 12.6. The van der Waals surface area contributed by atoms with E-state index < -0.39 is 4.92 Å². The molecule has 3 rings (SSSR count). The van der Waals surface area contributed by atoms with E-state index in [4.69, 9.17) is 4.74 Å². The predicted molar refractivity (Wildman–Crippen MR) is 80.4 cm³/mol. The minimum absolute atomic E-state index is 0.0706. The monoisotopic (exact) mass is 280 g/mol. The summed E-state index contributed by atoms with van der Waals surface area (Å²) >= 11 is 0. The van der Waals surface area contributed by atoms with Gasteiger partial charge in [0.15, 0.2) is 0 Å². The summed E-state index contributed by atoms with van der Waals surface area (Å²) in [6.45, 7) is 0. The van der Waals surface area contributed by atoms with Crippen LogP contribution < -0.4 is 4.74 Å². The molecule has 2 aromatic carbocycles. The topological polar surface area (TPSA) is 65.3 Å². The van der Waals surface area contributed by atoms with Gasteiger partial charge in [-0.3, -0.25) is 15.1 Å². The summed E-state index contributed by atoms with van der Waals surface area (Å²) in [4.78, 5) is 14.7. The van der Waals surface area contributed by atoms with Crippen LogP contribution in [0.15, 0.2) is 54.7 Å². The molecule has 3 aromatic rings. The molecule has 5 heteroatoms. The number of nitro groups is 1. The van der Waals surface area contributed by atoms with Crippen molar-refractivity contribution in [3.05, 3.63) is 64.8 Å². The standard InChI is InChI=1S/C16H12N2O3/c1-21-16-4-2-3-12-9-15(17-10-14(12)16)11-5-7-13(8-6-11)18(19)20/h2-10H,1H3. The van der Waals surface area contributed by atoms with Crippen LogP contribution in [0.4, 0.5) is 5.69 Å². The molecule has 0 atom stereocenters. The van der Waals surface area contributed by atoms with Crippen molar-refractivity contribution in [2.75, 3.05) is 7.11 Å². The zero-order chi connectivity index (χ0) is 14.8. The third kappa shape index (κ3) is 2.41. The number of pyridine rings is 1. The minimum Gasteiger partial charge on any atom is -0.496 e. The van der Waals surface area contributed by atoms with E-state index in [1.165, 1.54) is 12.1 Å². The number of ether oxygens (including phenoxy) is 1. The molecule has 5 nitrogen and oxygen atoms in total. The fraction of sp³-hybridized carbons (Fsp3) is 0.0625. The maximum absolute atomic E-state index is 10.7. The fourth-order valence-corrected chi connectivity index (χ4v) is 2.23. The molecular formula is C16H12N2O3. The van der Waals surface area contributed by atoms with Gasteiger partial charge in [-0.05, 0) is 29.7 Å². The van der Waals surface area contributed by atoms with Gasteiger partial charge in [0.1, 0.15) is 5.75 Å². The first kappa shape index (κ1) is 13.1. The van der Waals surface area contributed by atoms with Gasteiger partial charge in [0, 0.05) is 29.3 Å². The Kier molecular flexibility index (Phi) is 3.23. The highest BCUT2D eigenvalue weighted by Crippen LogP contribution is 2.28. The lowest BCUT2D eigenvalue weighted by molar-refractivity contribution is -0.384. The van der Waals surface area contributed by atoms with Crippen LogP contribution in [0, 0.1) is 10.1 Å². The number of rotatable bonds is 3. The van der Waals surface area contributed by atoms with Crippen molar-refractivity contribution in [1.82, 2.24) is 4.98 Å². The van der Waals surface area contributed by atoms with E-state index in [1.807, 2.05) is 24.3 Å². The normalized spacial score (nSPS) is 10.5. The highest BCUT2D eigenvalue weighted by Gasteiger charge is 2.08. The van der Waals surface area contributed by atoms with E-state index in [9.17, 15) is 10.1 Å². The second-order valence-electron chi connectivity index (χ2n) is 4.55. The number of benzene rings is 2. The fourth-order valence-electron chi connectivity index (χ4n) is 2.23. The molecule has 0 aliphatic carbocycles. The zero-order valence-corrected chi connectivity index (χ0v) is 11.3. The molecule has 0 radical (unpaired) electrons. The third-order valence-electron chi connectivity index (χ3n) is 3.32. The summed E-state index contributed by atoms with van der Waals surface area (Å²) in [5.74, 6) is 0.773. The summed E-state index contributed by atoms with van der Waals surface area (Å²) in [6.07, 6.45) is 1.75. The maximum Gasteiger partial charge on any atom is 0.269 e. The Hall–Kier alpha value is -2.95. The van der Waals surface area contributed by atoms with E-state index in [0.29, 0.717) is 0 Å². The number of hydrogen-bond acceptors (Lipinski definition) is 4. The molecule has 21 heavy (non-hydrogen) atoms. The molecule has 1 aromatic heterocycles. The number of hydrogen-bond donors (Lipinski definition) is 0. The first-order valence-corrected chi connectivity index (χ1v) is 6.36. The molecule has 0 N–H and O–H groups in total. The molecule has 0 aliphatic heterocycles. The highest BCUT2D eigenvalue weighted by molar-refractivity contribution is 5.90. The number of fused-ring (bicyclic) bond motifs is 1. The van der Waals surface area contributed by atoms with Gasteiger partial charge in [-0.15, -0.1) is 0 Å². The Morgan fingerprint density at radius 2 is 1.90 bits per heavy atom. The third-order valence-corrected chi connectivity index (χ3v) is 3.32. The van der Waals surface area contributed by atoms with Crippen LogP contribution in [-0.2, 0) is 0 Å². The minimum atomic E-state index is -0.414. The number of nitro benzene ring substituents is 1. The van der Waals surface area contributed by atoms with Crippen molar-refractivity contribution in [2.24, 2.45) is 0 Å². The van der Waals surface area contributed by atoms with Gasteiger partial charge in [0.05, 0.1) is 17.7 Å². The van der Waals surface area contributed by atoms with Crippen LogP contribution >= 0.6 is 0 Å². The Labute approximate surface area is 121 Å². The van der Waals surface area contributed by atoms with Crippen LogP contribution in [0.2, 0.25) is 0 Å². The molecule has 0 amide bonds. The number of methoxy groups -OCH3 is 1. The Bertz CT molecular complexity index is 813. The van der Waals surface area contributed by atoms with Gasteiger partial charge in [-0.2, -0.15) is 0 Å².